The third kappa shape index (κ3) is 4.17. The first-order valence-electron chi connectivity index (χ1n) is 6.64. The summed E-state index contributed by atoms with van der Waals surface area (Å²) in [4.78, 5) is 4.22. The van der Waals surface area contributed by atoms with Gasteiger partial charge in [0.1, 0.15) is 5.75 Å². The molecule has 3 N–H and O–H groups in total. The SMILES string of the molecule is CCCOc1cncc(C(NN)c2cc(Cl)ccc2Br)c1. The molecule has 112 valence electrons. The van der Waals surface area contributed by atoms with Crippen LogP contribution in [0.2, 0.25) is 5.02 Å². The number of hydrazine groups is 1. The largest absolute Gasteiger partial charge is 0.492 e. The minimum absolute atomic E-state index is 0.226. The van der Waals surface area contributed by atoms with Crippen LogP contribution in [0.25, 0.3) is 0 Å². The summed E-state index contributed by atoms with van der Waals surface area (Å²) in [6.45, 7) is 2.72. The van der Waals surface area contributed by atoms with Gasteiger partial charge >= 0.3 is 0 Å². The predicted molar refractivity (Wildman–Crippen MR) is 88.3 cm³/mol. The number of aromatic nitrogens is 1. The van der Waals surface area contributed by atoms with Crippen LogP contribution in [0.1, 0.15) is 30.5 Å². The number of hydrogen-bond donors (Lipinski definition) is 2. The fourth-order valence-corrected chi connectivity index (χ4v) is 2.65. The molecule has 0 radical (unpaired) electrons. The van der Waals surface area contributed by atoms with E-state index in [1.165, 1.54) is 0 Å². The average molecular weight is 371 g/mol. The van der Waals surface area contributed by atoms with Crippen molar-refractivity contribution in [2.75, 3.05) is 6.61 Å². The molecule has 2 aromatic rings. The lowest BCUT2D eigenvalue weighted by Crippen LogP contribution is -2.29. The fraction of sp³-hybridized carbons (Fsp3) is 0.267. The standard InChI is InChI=1S/C15H17BrClN3O/c1-2-5-21-12-6-10(8-19-9-12)15(20-18)13-7-11(17)3-4-14(13)16/h3-4,6-9,15,20H,2,5,18H2,1H3. The van der Waals surface area contributed by atoms with E-state index >= 15 is 0 Å². The predicted octanol–water partition coefficient (Wildman–Crippen LogP) is 3.84. The second-order valence-electron chi connectivity index (χ2n) is 4.57. The van der Waals surface area contributed by atoms with Gasteiger partial charge in [0.25, 0.3) is 0 Å². The molecule has 1 heterocycles. The summed E-state index contributed by atoms with van der Waals surface area (Å²) >= 11 is 9.60. The quantitative estimate of drug-likeness (QED) is 0.599. The maximum Gasteiger partial charge on any atom is 0.137 e. The Hall–Kier alpha value is -1.14. The Morgan fingerprint density at radius 2 is 2.19 bits per heavy atom. The molecule has 0 saturated heterocycles. The highest BCUT2D eigenvalue weighted by Gasteiger charge is 2.17. The second-order valence-corrected chi connectivity index (χ2v) is 5.86. The molecule has 0 spiro atoms. The van der Waals surface area contributed by atoms with Gasteiger partial charge in [-0.3, -0.25) is 10.8 Å². The van der Waals surface area contributed by atoms with Crippen LogP contribution in [0.5, 0.6) is 5.75 Å². The van der Waals surface area contributed by atoms with Crippen LogP contribution in [0, 0.1) is 0 Å². The summed E-state index contributed by atoms with van der Waals surface area (Å²) in [7, 11) is 0. The highest BCUT2D eigenvalue weighted by atomic mass is 79.9. The van der Waals surface area contributed by atoms with Gasteiger partial charge in [-0.15, -0.1) is 0 Å². The molecule has 0 amide bonds. The summed E-state index contributed by atoms with van der Waals surface area (Å²) in [5, 5.41) is 0.653. The molecule has 1 unspecified atom stereocenters. The first kappa shape index (κ1) is 16.2. The Bertz CT molecular complexity index is 609. The Morgan fingerprint density at radius 1 is 1.38 bits per heavy atom. The van der Waals surface area contributed by atoms with Crippen molar-refractivity contribution in [3.05, 3.63) is 57.3 Å². The van der Waals surface area contributed by atoms with Gasteiger partial charge < -0.3 is 4.74 Å². The third-order valence-electron chi connectivity index (χ3n) is 2.98. The van der Waals surface area contributed by atoms with Crippen molar-refractivity contribution in [1.29, 1.82) is 0 Å². The number of ether oxygens (including phenoxy) is 1. The summed E-state index contributed by atoms with van der Waals surface area (Å²) in [6, 6.07) is 7.29. The monoisotopic (exact) mass is 369 g/mol. The molecule has 0 aliphatic carbocycles. The molecule has 6 heteroatoms. The first-order valence-corrected chi connectivity index (χ1v) is 7.81. The summed E-state index contributed by atoms with van der Waals surface area (Å²) < 4.78 is 6.54. The molecular formula is C15H17BrClN3O. The number of benzene rings is 1. The number of hydrogen-bond acceptors (Lipinski definition) is 4. The molecule has 1 atom stereocenters. The van der Waals surface area contributed by atoms with Crippen LogP contribution in [0.4, 0.5) is 0 Å². The van der Waals surface area contributed by atoms with Crippen LogP contribution in [-0.4, -0.2) is 11.6 Å². The number of rotatable bonds is 6. The van der Waals surface area contributed by atoms with Gasteiger partial charge in [-0.05, 0) is 41.8 Å². The first-order chi connectivity index (χ1) is 10.2. The fourth-order valence-electron chi connectivity index (χ4n) is 1.99. The number of halogens is 2. The molecular weight excluding hydrogens is 354 g/mol. The van der Waals surface area contributed by atoms with Crippen molar-refractivity contribution in [2.24, 2.45) is 5.84 Å². The van der Waals surface area contributed by atoms with Crippen molar-refractivity contribution in [2.45, 2.75) is 19.4 Å². The van der Waals surface area contributed by atoms with Gasteiger partial charge in [0.2, 0.25) is 0 Å². The van der Waals surface area contributed by atoms with E-state index in [2.05, 4.69) is 33.3 Å². The normalized spacial score (nSPS) is 12.2. The molecule has 0 saturated carbocycles. The van der Waals surface area contributed by atoms with E-state index in [0.29, 0.717) is 11.6 Å². The molecule has 4 nitrogen and oxygen atoms in total. The lowest BCUT2D eigenvalue weighted by molar-refractivity contribution is 0.315. The van der Waals surface area contributed by atoms with E-state index < -0.39 is 0 Å². The maximum atomic E-state index is 6.08. The molecule has 0 aliphatic rings. The minimum atomic E-state index is -0.226. The zero-order valence-corrected chi connectivity index (χ0v) is 14.0. The van der Waals surface area contributed by atoms with Crippen LogP contribution in [0.3, 0.4) is 0 Å². The smallest absolute Gasteiger partial charge is 0.137 e. The minimum Gasteiger partial charge on any atom is -0.492 e. The zero-order chi connectivity index (χ0) is 15.2. The summed E-state index contributed by atoms with van der Waals surface area (Å²) in [5.74, 6) is 6.45. The van der Waals surface area contributed by atoms with E-state index in [0.717, 1.165) is 27.8 Å². The van der Waals surface area contributed by atoms with E-state index in [-0.39, 0.29) is 6.04 Å². The lowest BCUT2D eigenvalue weighted by atomic mass is 10.0. The summed E-state index contributed by atoms with van der Waals surface area (Å²) in [5.41, 5.74) is 4.66. The summed E-state index contributed by atoms with van der Waals surface area (Å²) in [6.07, 6.45) is 4.40. The van der Waals surface area contributed by atoms with E-state index in [4.69, 9.17) is 22.2 Å². The van der Waals surface area contributed by atoms with Crippen molar-refractivity contribution < 1.29 is 4.74 Å². The van der Waals surface area contributed by atoms with Gasteiger partial charge in [0.05, 0.1) is 18.8 Å². The number of nitrogens with one attached hydrogen (secondary N) is 1. The lowest BCUT2D eigenvalue weighted by Gasteiger charge is -2.19. The topological polar surface area (TPSA) is 60.2 Å². The zero-order valence-electron chi connectivity index (χ0n) is 11.6. The van der Waals surface area contributed by atoms with Gasteiger partial charge in [0.15, 0.2) is 0 Å². The van der Waals surface area contributed by atoms with E-state index in [9.17, 15) is 0 Å². The highest BCUT2D eigenvalue weighted by Crippen LogP contribution is 2.31. The van der Waals surface area contributed by atoms with E-state index in [1.54, 1.807) is 12.4 Å². The Balaban J connectivity index is 2.34. The van der Waals surface area contributed by atoms with Gasteiger partial charge in [-0.1, -0.05) is 34.5 Å². The number of pyridine rings is 1. The molecule has 21 heavy (non-hydrogen) atoms. The van der Waals surface area contributed by atoms with Crippen molar-refractivity contribution in [1.82, 2.24) is 10.4 Å². The van der Waals surface area contributed by atoms with Crippen molar-refractivity contribution in [3.63, 3.8) is 0 Å². The Morgan fingerprint density at radius 3 is 2.90 bits per heavy atom. The highest BCUT2D eigenvalue weighted by molar-refractivity contribution is 9.10. The molecule has 1 aromatic heterocycles. The van der Waals surface area contributed by atoms with Crippen LogP contribution < -0.4 is 16.0 Å². The Labute approximate surface area is 137 Å². The van der Waals surface area contributed by atoms with Crippen molar-refractivity contribution in [3.8, 4) is 5.75 Å². The average Bonchev–Trinajstić information content (AvgIpc) is 2.50. The van der Waals surface area contributed by atoms with E-state index in [1.807, 2.05) is 24.3 Å². The van der Waals surface area contributed by atoms with Gasteiger partial charge in [-0.25, -0.2) is 5.43 Å². The van der Waals surface area contributed by atoms with Crippen LogP contribution >= 0.6 is 27.5 Å². The Kier molecular flexibility index (Phi) is 5.99. The van der Waals surface area contributed by atoms with Gasteiger partial charge in [0, 0.05) is 15.7 Å². The van der Waals surface area contributed by atoms with Gasteiger partial charge in [-0.2, -0.15) is 0 Å². The van der Waals surface area contributed by atoms with Crippen LogP contribution in [-0.2, 0) is 0 Å². The molecule has 0 aliphatic heterocycles. The second kappa shape index (κ2) is 7.75. The van der Waals surface area contributed by atoms with Crippen LogP contribution in [0.15, 0.2) is 41.1 Å². The maximum absolute atomic E-state index is 6.08. The molecule has 1 aromatic carbocycles. The molecule has 0 fully saturated rings. The number of nitrogens with two attached hydrogens (primary N) is 1. The molecule has 2 rings (SSSR count). The third-order valence-corrected chi connectivity index (χ3v) is 3.93. The number of nitrogens with zero attached hydrogens (tertiary/aromatic N) is 1. The van der Waals surface area contributed by atoms with Crippen molar-refractivity contribution >= 4 is 27.5 Å². The molecule has 0 bridgehead atoms.